The van der Waals surface area contributed by atoms with Crippen LogP contribution < -0.4 is 22.5 Å². The number of likely N-dealkylation sites (tertiary alicyclic amines) is 2. The minimum absolute atomic E-state index is 0.00165. The van der Waals surface area contributed by atoms with Crippen LogP contribution in [0.4, 0.5) is 21.9 Å². The maximum absolute atomic E-state index is 12.9. The number of nitrogens with one attached hydrogen (secondary N) is 1. The number of aryl methyl sites for hydroxylation is 2. The molecule has 2 aromatic carbocycles. The van der Waals surface area contributed by atoms with E-state index in [2.05, 4.69) is 73.0 Å². The van der Waals surface area contributed by atoms with Crippen LogP contribution in [0.5, 0.6) is 0 Å². The first-order chi connectivity index (χ1) is 40.2. The zero-order valence-electron chi connectivity index (χ0n) is 46.8. The SMILES string of the molecule is CCc1cnc(N)s1.CCc1cnc(NC(=O)c2ccc(-c3nn([C@@H]4CCN(C(=O)/C=C/CN(C)C5CC5)C4)c4ncnc(N)c34)cc2)s1.CN(C/C=C/C(=O)N1CC[C@@H](n2nc(-c3ccc(C(=O)O)cc3)c3c(N)ncnc32)C1)C1CC1. The van der Waals surface area contributed by atoms with Crippen LogP contribution in [0, 0.1) is 0 Å². The minimum Gasteiger partial charge on any atom is -0.478 e. The molecule has 2 saturated heterocycles. The second-order valence-electron chi connectivity index (χ2n) is 21.0. The normalized spacial score (nSPS) is 17.0. The Bertz CT molecular complexity index is 3680. The molecule has 12 rings (SSSR count). The van der Waals surface area contributed by atoms with Crippen LogP contribution in [0.3, 0.4) is 0 Å². The van der Waals surface area contributed by atoms with E-state index in [0.717, 1.165) is 54.8 Å². The molecular weight excluding hydrogens is 1090 g/mol. The third-order valence-corrected chi connectivity index (χ3v) is 17.2. The molecule has 2 aliphatic carbocycles. The van der Waals surface area contributed by atoms with Crippen molar-refractivity contribution < 1.29 is 24.3 Å². The zero-order chi connectivity index (χ0) is 58.3. The molecule has 0 spiro atoms. The summed E-state index contributed by atoms with van der Waals surface area (Å²) in [5, 5.41) is 24.3. The van der Waals surface area contributed by atoms with Crippen molar-refractivity contribution in [2.24, 2.45) is 0 Å². The molecule has 8 heterocycles. The van der Waals surface area contributed by atoms with Crippen LogP contribution >= 0.6 is 22.7 Å². The smallest absolute Gasteiger partial charge is 0.335 e. The van der Waals surface area contributed by atoms with Crippen LogP contribution in [0.25, 0.3) is 44.6 Å². The number of nitrogens with zero attached hydrogens (tertiary/aromatic N) is 14. The monoisotopic (exact) mass is 1160 g/mol. The number of fused-ring (bicyclic) bond motifs is 2. The summed E-state index contributed by atoms with van der Waals surface area (Å²) in [5.41, 5.74) is 22.6. The number of nitrogen functional groups attached to an aromatic ring is 3. The van der Waals surface area contributed by atoms with Gasteiger partial charge in [0.15, 0.2) is 21.6 Å². The fourth-order valence-corrected chi connectivity index (χ4v) is 11.5. The molecule has 4 fully saturated rings. The number of thiazole rings is 2. The van der Waals surface area contributed by atoms with Gasteiger partial charge in [-0.05, 0) is 89.7 Å². The number of carbonyl (C=O) groups is 4. The topological polar surface area (TPSA) is 305 Å². The Labute approximate surface area is 487 Å². The highest BCUT2D eigenvalue weighted by Gasteiger charge is 2.33. The number of amides is 3. The highest BCUT2D eigenvalue weighted by molar-refractivity contribution is 7.15. The van der Waals surface area contributed by atoms with Crippen LogP contribution in [0.2, 0.25) is 0 Å². The number of likely N-dealkylation sites (N-methyl/N-ethyl adjacent to an activating group) is 2. The number of carboxylic acids is 1. The van der Waals surface area contributed by atoms with Gasteiger partial charge in [0.2, 0.25) is 11.8 Å². The number of nitrogens with two attached hydrogens (primary N) is 3. The number of anilines is 4. The molecule has 2 aliphatic heterocycles. The maximum atomic E-state index is 12.9. The molecule has 0 bridgehead atoms. The number of aromatic nitrogens is 10. The largest absolute Gasteiger partial charge is 0.478 e. The van der Waals surface area contributed by atoms with Crippen molar-refractivity contribution in [2.45, 2.75) is 89.4 Å². The number of hydrogen-bond acceptors (Lipinski definition) is 19. The number of carboxylic acid groups (broad SMARTS) is 1. The second kappa shape index (κ2) is 25.7. The Morgan fingerprint density at radius 1 is 0.627 bits per heavy atom. The van der Waals surface area contributed by atoms with Gasteiger partial charge in [0.1, 0.15) is 35.7 Å². The Morgan fingerprint density at radius 3 is 1.49 bits per heavy atom. The molecule has 6 aromatic heterocycles. The molecule has 2 saturated carbocycles. The standard InChI is InChI=1S/C29H33N9O2S.C24H27N7O3.C5H8N2S/c1-3-22-15-31-29(41-22)34-28(40)19-8-6-18(7-9-19)25-24-26(30)32-17-33-27(24)38(35-25)21-12-14-37(16-21)23(39)5-4-13-36(2)20-10-11-20;1-29(17-8-9-17)11-2-3-19(32)30-12-10-18(13-30)31-23-20(22(25)26-14-27-23)21(28-31)15-4-6-16(7-5-15)24(33)34;1-2-4-3-7-5(6)8-4/h4-9,15,17,20-21H,3,10-14,16H2,1-2H3,(H2,30,32,33)(H,31,34,40);2-7,14,17-18H,8-13H2,1H3,(H,33,34)(H2,25,26,27);3H,2H2,1H3,(H2,6,7)/b5-4+;3-2+;/t21-;18-;/m11./s1. The lowest BCUT2D eigenvalue weighted by atomic mass is 10.1. The fourth-order valence-electron chi connectivity index (χ4n) is 10.1. The van der Waals surface area contributed by atoms with E-state index in [9.17, 15) is 24.3 Å². The highest BCUT2D eigenvalue weighted by atomic mass is 32.1. The Kier molecular flexibility index (Phi) is 17.9. The molecule has 8 aromatic rings. The van der Waals surface area contributed by atoms with Crippen molar-refractivity contribution >= 4 is 90.3 Å². The van der Waals surface area contributed by atoms with Gasteiger partial charge in [-0.15, -0.1) is 22.7 Å². The third-order valence-electron chi connectivity index (χ3n) is 15.2. The summed E-state index contributed by atoms with van der Waals surface area (Å²) < 4.78 is 3.70. The number of carbonyl (C=O) groups excluding carboxylic acids is 3. The molecule has 23 nitrogen and oxygen atoms in total. The molecule has 8 N–H and O–H groups in total. The summed E-state index contributed by atoms with van der Waals surface area (Å²) in [4.78, 5) is 85.6. The molecule has 432 valence electrons. The molecule has 4 aliphatic rings. The third kappa shape index (κ3) is 13.7. The Balaban J connectivity index is 0.000000165. The predicted molar refractivity (Wildman–Crippen MR) is 323 cm³/mol. The van der Waals surface area contributed by atoms with E-state index in [0.29, 0.717) is 99.2 Å². The molecule has 0 radical (unpaired) electrons. The molecule has 25 heteroatoms. The zero-order valence-corrected chi connectivity index (χ0v) is 48.5. The summed E-state index contributed by atoms with van der Waals surface area (Å²) in [7, 11) is 4.18. The molecule has 3 amide bonds. The fraction of sp³-hybridized carbons (Fsp3) is 0.379. The van der Waals surface area contributed by atoms with Gasteiger partial charge in [-0.25, -0.2) is 44.1 Å². The van der Waals surface area contributed by atoms with E-state index >= 15 is 0 Å². The van der Waals surface area contributed by atoms with Crippen molar-refractivity contribution in [1.29, 1.82) is 0 Å². The average molecular weight is 1160 g/mol. The van der Waals surface area contributed by atoms with Gasteiger partial charge >= 0.3 is 5.97 Å². The first-order valence-corrected chi connectivity index (χ1v) is 29.5. The van der Waals surface area contributed by atoms with Crippen LogP contribution in [-0.4, -0.2) is 163 Å². The van der Waals surface area contributed by atoms with Crippen molar-refractivity contribution in [3.05, 3.63) is 119 Å². The van der Waals surface area contributed by atoms with E-state index < -0.39 is 5.97 Å². The minimum atomic E-state index is -0.992. The van der Waals surface area contributed by atoms with E-state index in [1.54, 1.807) is 54.0 Å². The average Bonchev–Trinajstić information content (AvgIpc) is 3.03. The van der Waals surface area contributed by atoms with Gasteiger partial charge < -0.3 is 32.1 Å². The van der Waals surface area contributed by atoms with E-state index in [1.165, 1.54) is 66.7 Å². The molecule has 0 unspecified atom stereocenters. The first-order valence-electron chi connectivity index (χ1n) is 27.8. The number of rotatable bonds is 17. The van der Waals surface area contributed by atoms with Gasteiger partial charge in [-0.2, -0.15) is 10.2 Å². The van der Waals surface area contributed by atoms with Gasteiger partial charge in [0.05, 0.1) is 28.4 Å². The summed E-state index contributed by atoms with van der Waals surface area (Å²) in [6.45, 7) is 8.05. The lowest BCUT2D eigenvalue weighted by molar-refractivity contribution is -0.125. The van der Waals surface area contributed by atoms with Crippen molar-refractivity contribution in [3.63, 3.8) is 0 Å². The summed E-state index contributed by atoms with van der Waals surface area (Å²) >= 11 is 3.02. The van der Waals surface area contributed by atoms with Gasteiger partial charge in [-0.1, -0.05) is 50.3 Å². The van der Waals surface area contributed by atoms with Crippen molar-refractivity contribution in [2.75, 3.05) is 75.9 Å². The lowest BCUT2D eigenvalue weighted by Gasteiger charge is -2.16. The summed E-state index contributed by atoms with van der Waals surface area (Å²) in [6.07, 6.45) is 22.1. The van der Waals surface area contributed by atoms with E-state index in [-0.39, 0.29) is 35.4 Å². The van der Waals surface area contributed by atoms with Crippen LogP contribution in [0.1, 0.15) is 94.9 Å². The molecule has 83 heavy (non-hydrogen) atoms. The molecular formula is C58H68N18O5S2. The number of benzene rings is 2. The van der Waals surface area contributed by atoms with Crippen LogP contribution in [0.15, 0.2) is 97.9 Å². The predicted octanol–water partition coefficient (Wildman–Crippen LogP) is 7.26. The Morgan fingerprint density at radius 2 is 1.08 bits per heavy atom. The maximum Gasteiger partial charge on any atom is 0.335 e. The first kappa shape index (κ1) is 57.7. The number of hydrogen-bond donors (Lipinski definition) is 5. The lowest BCUT2D eigenvalue weighted by Crippen LogP contribution is -2.28. The van der Waals surface area contributed by atoms with Crippen LogP contribution in [-0.2, 0) is 22.4 Å². The highest BCUT2D eigenvalue weighted by Crippen LogP contribution is 2.36. The van der Waals surface area contributed by atoms with Gasteiger partial charge in [0, 0.05) is 102 Å². The van der Waals surface area contributed by atoms with Gasteiger partial charge in [0.25, 0.3) is 5.91 Å². The van der Waals surface area contributed by atoms with E-state index in [1.807, 2.05) is 49.6 Å². The van der Waals surface area contributed by atoms with E-state index in [4.69, 9.17) is 27.4 Å². The second-order valence-corrected chi connectivity index (χ2v) is 23.3. The van der Waals surface area contributed by atoms with Crippen molar-refractivity contribution in [3.8, 4) is 22.5 Å². The summed E-state index contributed by atoms with van der Waals surface area (Å²) in [6, 6.07) is 14.9. The summed E-state index contributed by atoms with van der Waals surface area (Å²) in [5.74, 6) is -0.560. The van der Waals surface area contributed by atoms with Gasteiger partial charge in [-0.3, -0.25) is 29.5 Å². The quantitative estimate of drug-likeness (QED) is 0.0560. The number of aromatic carboxylic acids is 1. The Hall–Kier alpha value is -8.52. The molecule has 2 atom stereocenters. The van der Waals surface area contributed by atoms with Crippen molar-refractivity contribution in [1.82, 2.24) is 69.1 Å².